The minimum atomic E-state index is -2.08. The Kier molecular flexibility index (Phi) is 9.63. The average molecular weight is 843 g/mol. The first kappa shape index (κ1) is 40.6. The number of phenolic OH excluding ortho intramolecular Hbond substituents is 8. The van der Waals surface area contributed by atoms with E-state index in [4.69, 9.17) is 18.3 Å². The van der Waals surface area contributed by atoms with E-state index in [0.29, 0.717) is 12.1 Å². The smallest absolute Gasteiger partial charge is 0.205 e. The molecule has 60 heavy (non-hydrogen) atoms. The molecular weight excluding hydrogens is 808 g/mol. The van der Waals surface area contributed by atoms with Gasteiger partial charge in [-0.05, 0) is 0 Å². The van der Waals surface area contributed by atoms with Crippen molar-refractivity contribution in [2.24, 2.45) is 0 Å². The van der Waals surface area contributed by atoms with Crippen molar-refractivity contribution in [2.45, 2.75) is 61.0 Å². The van der Waals surface area contributed by atoms with Crippen LogP contribution in [0.1, 0.15) is 23.3 Å². The number of hydrogen-bond donors (Lipinski definition) is 16. The van der Waals surface area contributed by atoms with Crippen LogP contribution in [-0.2, 0) is 9.47 Å². The molecule has 4 heterocycles. The maximum Gasteiger partial charge on any atom is 0.205 e. The summed E-state index contributed by atoms with van der Waals surface area (Å²) in [6.45, 7) is -1.82. The lowest BCUT2D eigenvalue weighted by molar-refractivity contribution is -0.232. The summed E-state index contributed by atoms with van der Waals surface area (Å²) < 4.78 is 22.4. The van der Waals surface area contributed by atoms with Crippen molar-refractivity contribution in [3.05, 3.63) is 55.8 Å². The Balaban J connectivity index is 1.44. The van der Waals surface area contributed by atoms with Crippen molar-refractivity contribution < 1.29 is 100 Å². The summed E-state index contributed by atoms with van der Waals surface area (Å²) >= 11 is 0. The molecule has 0 aliphatic carbocycles. The van der Waals surface area contributed by atoms with Crippen LogP contribution in [0, 0.1) is 0 Å². The summed E-state index contributed by atoms with van der Waals surface area (Å²) in [6, 6.07) is 2.94. The number of hydrogen-bond acceptors (Lipinski definition) is 22. The van der Waals surface area contributed by atoms with E-state index in [1.807, 2.05) is 0 Å². The fourth-order valence-corrected chi connectivity index (χ4v) is 7.99. The molecule has 8 rings (SSSR count). The number of benzene rings is 4. The fourth-order valence-electron chi connectivity index (χ4n) is 7.99. The molecular formula is C38H34O22. The predicted molar refractivity (Wildman–Crippen MR) is 198 cm³/mol. The van der Waals surface area contributed by atoms with Crippen LogP contribution in [0.25, 0.3) is 55.0 Å². The van der Waals surface area contributed by atoms with Gasteiger partial charge in [-0.15, -0.1) is 0 Å². The molecule has 0 bridgehead atoms. The number of ether oxygens (including phenoxy) is 2. The second-order valence-corrected chi connectivity index (χ2v) is 14.4. The van der Waals surface area contributed by atoms with Crippen LogP contribution in [0.5, 0.6) is 46.0 Å². The van der Waals surface area contributed by atoms with Gasteiger partial charge in [0.25, 0.3) is 0 Å². The van der Waals surface area contributed by atoms with Gasteiger partial charge in [0.2, 0.25) is 10.9 Å². The number of aliphatic hydroxyl groups is 8. The molecule has 16 N–H and O–H groups in total. The van der Waals surface area contributed by atoms with Gasteiger partial charge in [-0.2, -0.15) is 0 Å². The van der Waals surface area contributed by atoms with Crippen LogP contribution in [0.4, 0.5) is 0 Å². The minimum Gasteiger partial charge on any atom is -0.507 e. The molecule has 6 aromatic rings. The molecule has 0 radical (unpaired) electrons. The zero-order valence-electron chi connectivity index (χ0n) is 30.1. The summed E-state index contributed by atoms with van der Waals surface area (Å²) in [7, 11) is 0. The summed E-state index contributed by atoms with van der Waals surface area (Å²) in [4.78, 5) is 29.1. The normalized spacial score (nSPS) is 27.3. The van der Waals surface area contributed by atoms with E-state index in [-0.39, 0.29) is 0 Å². The lowest BCUT2D eigenvalue weighted by Gasteiger charge is -2.40. The van der Waals surface area contributed by atoms with Gasteiger partial charge >= 0.3 is 0 Å². The second kappa shape index (κ2) is 14.2. The number of phenols is 8. The maximum atomic E-state index is 14.6. The molecule has 2 aromatic heterocycles. The molecule has 0 spiro atoms. The van der Waals surface area contributed by atoms with E-state index < -0.39 is 197 Å². The van der Waals surface area contributed by atoms with E-state index in [9.17, 15) is 91.3 Å². The molecule has 2 saturated heterocycles. The third-order valence-corrected chi connectivity index (χ3v) is 11.0. The number of rotatable bonds is 5. The summed E-state index contributed by atoms with van der Waals surface area (Å²) in [5.41, 5.74) is -8.57. The van der Waals surface area contributed by atoms with E-state index >= 15 is 0 Å². The SMILES string of the molecule is O=c1c2c(O)c([C@@H]3O[C@H](CO)[C@@H](O)[C@H](O)[C@H]3O)c(O)cc2oc2cc(O)c(O)c(-c3c(O)c(O)cc4oc5cc(O)c([C@@H]6O[C@H](CO)[C@@H](O)[C@H](O)[C@H]6O)c(O)c5c(=O)c34)c12. The molecule has 0 unspecified atom stereocenters. The molecule has 22 nitrogen and oxygen atoms in total. The lowest BCUT2D eigenvalue weighted by Crippen LogP contribution is -2.55. The Morgan fingerprint density at radius 3 is 1.07 bits per heavy atom. The second-order valence-electron chi connectivity index (χ2n) is 14.4. The topological polar surface area (TPSA) is 403 Å². The molecule has 0 saturated carbocycles. The molecule has 2 aliphatic heterocycles. The lowest BCUT2D eigenvalue weighted by atomic mass is 9.88. The van der Waals surface area contributed by atoms with E-state index in [2.05, 4.69) is 0 Å². The van der Waals surface area contributed by atoms with Crippen molar-refractivity contribution in [1.29, 1.82) is 0 Å². The Morgan fingerprint density at radius 1 is 0.417 bits per heavy atom. The largest absolute Gasteiger partial charge is 0.507 e. The van der Waals surface area contributed by atoms with Crippen LogP contribution in [0.15, 0.2) is 42.7 Å². The number of aromatic hydroxyl groups is 8. The van der Waals surface area contributed by atoms with E-state index in [1.54, 1.807) is 0 Å². The van der Waals surface area contributed by atoms with E-state index in [1.165, 1.54) is 0 Å². The highest BCUT2D eigenvalue weighted by atomic mass is 16.6. The number of fused-ring (bicyclic) bond motifs is 4. The van der Waals surface area contributed by atoms with Crippen LogP contribution in [0.2, 0.25) is 0 Å². The predicted octanol–water partition coefficient (Wildman–Crippen LogP) is -1.45. The highest BCUT2D eigenvalue weighted by Gasteiger charge is 2.48. The quantitative estimate of drug-likeness (QED) is 0.0697. The van der Waals surface area contributed by atoms with Crippen LogP contribution < -0.4 is 10.9 Å². The standard InChI is InChI=1S/C38H34O22/c39-5-15-27(47)33(53)35(55)37(59-15)17-7(41)1-13-21(29(17)49)31(51)19-11(57-13)3-9(43)25(45)23(19)24-20-12(4-10(44)26(24)46)58-14-2-8(42)18(30(50)22(14)32(20)52)38-36(56)34(54)28(48)16(6-40)60-38/h1-4,15-16,27-28,33-50,53-56H,5-6H2/t15-,16-,27-,28-,33+,34+,35-,36-,37+,38+/m1/s1. The van der Waals surface area contributed by atoms with Crippen LogP contribution in [-0.4, -0.2) is 144 Å². The Morgan fingerprint density at radius 2 is 0.733 bits per heavy atom. The van der Waals surface area contributed by atoms with Crippen molar-refractivity contribution in [3.63, 3.8) is 0 Å². The van der Waals surface area contributed by atoms with Crippen LogP contribution in [0.3, 0.4) is 0 Å². The Hall–Kier alpha value is -6.18. The molecule has 2 fully saturated rings. The monoisotopic (exact) mass is 842 g/mol. The highest BCUT2D eigenvalue weighted by Crippen LogP contribution is 2.53. The first-order chi connectivity index (χ1) is 28.3. The summed E-state index contributed by atoms with van der Waals surface area (Å²) in [6.07, 6.45) is -18.8. The molecule has 22 heteroatoms. The van der Waals surface area contributed by atoms with Gasteiger partial charge in [0.15, 0.2) is 23.0 Å². The summed E-state index contributed by atoms with van der Waals surface area (Å²) in [5.74, 6) is -8.75. The zero-order chi connectivity index (χ0) is 43.5. The van der Waals surface area contributed by atoms with Gasteiger partial charge in [0.05, 0.1) is 35.1 Å². The van der Waals surface area contributed by atoms with Gasteiger partial charge in [0.1, 0.15) is 117 Å². The fraction of sp³-hybridized carbons (Fsp3) is 0.316. The van der Waals surface area contributed by atoms with Crippen molar-refractivity contribution in [1.82, 2.24) is 0 Å². The van der Waals surface area contributed by atoms with Gasteiger partial charge in [-0.1, -0.05) is 0 Å². The molecule has 318 valence electrons. The average Bonchev–Trinajstić information content (AvgIpc) is 3.19. The van der Waals surface area contributed by atoms with Crippen molar-refractivity contribution >= 4 is 43.9 Å². The van der Waals surface area contributed by atoms with Gasteiger partial charge < -0.3 is 100 Å². The third-order valence-electron chi connectivity index (χ3n) is 11.0. The van der Waals surface area contributed by atoms with E-state index in [0.717, 1.165) is 12.1 Å². The number of aliphatic hydroxyl groups excluding tert-OH is 8. The van der Waals surface area contributed by atoms with Crippen molar-refractivity contribution in [3.8, 4) is 57.1 Å². The molecule has 10 atom stereocenters. The Bertz CT molecular complexity index is 2690. The minimum absolute atomic E-state index is 0.604. The molecule has 0 amide bonds. The first-order valence-electron chi connectivity index (χ1n) is 17.8. The highest BCUT2D eigenvalue weighted by molar-refractivity contribution is 6.13. The maximum absolute atomic E-state index is 14.6. The molecule has 2 aliphatic rings. The molecule has 4 aromatic carbocycles. The summed E-state index contributed by atoms with van der Waals surface area (Å²) in [5, 5.41) is 168. The first-order valence-corrected chi connectivity index (χ1v) is 17.8. The van der Waals surface area contributed by atoms with Crippen molar-refractivity contribution in [2.75, 3.05) is 13.2 Å². The third kappa shape index (κ3) is 5.66. The Labute approximate surface area is 330 Å². The van der Waals surface area contributed by atoms with Gasteiger partial charge in [0, 0.05) is 35.4 Å². The van der Waals surface area contributed by atoms with Gasteiger partial charge in [-0.3, -0.25) is 9.59 Å². The van der Waals surface area contributed by atoms with Crippen LogP contribution >= 0.6 is 0 Å². The van der Waals surface area contributed by atoms with Gasteiger partial charge in [-0.25, -0.2) is 0 Å². The zero-order valence-corrected chi connectivity index (χ0v) is 30.1.